The predicted octanol–water partition coefficient (Wildman–Crippen LogP) is 2.55. The van der Waals surface area contributed by atoms with Gasteiger partial charge in [0.2, 0.25) is 0 Å². The number of amides is 1. The van der Waals surface area contributed by atoms with Crippen LogP contribution in [0.4, 0.5) is 0 Å². The Hall–Kier alpha value is -0.960. The van der Waals surface area contributed by atoms with Crippen LogP contribution >= 0.6 is 11.8 Å². The van der Waals surface area contributed by atoms with E-state index in [9.17, 15) is 4.79 Å². The Morgan fingerprint density at radius 3 is 2.57 bits per heavy atom. The highest BCUT2D eigenvalue weighted by Gasteiger charge is 2.10. The molecule has 0 spiro atoms. The van der Waals surface area contributed by atoms with Crippen molar-refractivity contribution >= 4 is 17.7 Å². The lowest BCUT2D eigenvalue weighted by atomic mass is 10.2. The number of rotatable bonds is 3. The van der Waals surface area contributed by atoms with Gasteiger partial charge in [0.05, 0.1) is 5.56 Å². The second-order valence-corrected chi connectivity index (χ2v) is 4.18. The summed E-state index contributed by atoms with van der Waals surface area (Å²) >= 11 is 1.59. The van der Waals surface area contributed by atoms with Crippen molar-refractivity contribution in [2.45, 2.75) is 24.8 Å². The van der Waals surface area contributed by atoms with Crippen LogP contribution in [0.15, 0.2) is 29.2 Å². The van der Waals surface area contributed by atoms with Crippen LogP contribution < -0.4 is 5.32 Å². The lowest BCUT2D eigenvalue weighted by Gasteiger charge is -2.10. The zero-order valence-electron chi connectivity index (χ0n) is 8.70. The van der Waals surface area contributed by atoms with Crippen LogP contribution in [0.3, 0.4) is 0 Å². The molecule has 0 saturated carbocycles. The molecule has 0 unspecified atom stereocenters. The number of hydrogen-bond acceptors (Lipinski definition) is 2. The monoisotopic (exact) mass is 209 g/mol. The summed E-state index contributed by atoms with van der Waals surface area (Å²) in [4.78, 5) is 12.7. The third-order valence-corrected chi connectivity index (χ3v) is 2.57. The van der Waals surface area contributed by atoms with Crippen molar-refractivity contribution in [3.8, 4) is 0 Å². The zero-order valence-corrected chi connectivity index (χ0v) is 9.52. The van der Waals surface area contributed by atoms with Crippen LogP contribution in [0.2, 0.25) is 0 Å². The topological polar surface area (TPSA) is 29.1 Å². The van der Waals surface area contributed by atoms with Crippen molar-refractivity contribution in [3.63, 3.8) is 0 Å². The molecular weight excluding hydrogens is 194 g/mol. The first kappa shape index (κ1) is 11.1. The summed E-state index contributed by atoms with van der Waals surface area (Å²) in [6.45, 7) is 3.92. The van der Waals surface area contributed by atoms with Crippen LogP contribution in [0.5, 0.6) is 0 Å². The van der Waals surface area contributed by atoms with E-state index < -0.39 is 0 Å². The standard InChI is InChI=1S/C11H15NOS/c1-8(2)12-11(13)9-6-4-5-7-10(9)14-3/h4-8H,1-3H3,(H,12,13). The average molecular weight is 209 g/mol. The Kier molecular flexibility index (Phi) is 4.01. The molecule has 3 heteroatoms. The second kappa shape index (κ2) is 5.05. The molecule has 1 aromatic rings. The van der Waals surface area contributed by atoms with Crippen LogP contribution in [-0.2, 0) is 0 Å². The molecule has 0 aliphatic heterocycles. The van der Waals surface area contributed by atoms with Gasteiger partial charge in [0, 0.05) is 10.9 Å². The minimum atomic E-state index is 0.00458. The first-order chi connectivity index (χ1) is 6.65. The summed E-state index contributed by atoms with van der Waals surface area (Å²) in [7, 11) is 0. The Labute approximate surface area is 89.1 Å². The van der Waals surface area contributed by atoms with Crippen LogP contribution in [0.1, 0.15) is 24.2 Å². The second-order valence-electron chi connectivity index (χ2n) is 3.33. The number of carbonyl (C=O) groups is 1. The molecule has 1 N–H and O–H groups in total. The van der Waals surface area contributed by atoms with E-state index in [0.29, 0.717) is 0 Å². The number of carbonyl (C=O) groups excluding carboxylic acids is 1. The van der Waals surface area contributed by atoms with Gasteiger partial charge >= 0.3 is 0 Å². The highest BCUT2D eigenvalue weighted by atomic mass is 32.2. The largest absolute Gasteiger partial charge is 0.350 e. The minimum absolute atomic E-state index is 0.00458. The number of hydrogen-bond donors (Lipinski definition) is 1. The lowest BCUT2D eigenvalue weighted by molar-refractivity contribution is 0.0940. The molecule has 2 nitrogen and oxygen atoms in total. The van der Waals surface area contributed by atoms with Gasteiger partial charge in [-0.2, -0.15) is 0 Å². The van der Waals surface area contributed by atoms with Crippen LogP contribution in [-0.4, -0.2) is 18.2 Å². The minimum Gasteiger partial charge on any atom is -0.350 e. The van der Waals surface area contributed by atoms with E-state index in [1.54, 1.807) is 11.8 Å². The van der Waals surface area contributed by atoms with Gasteiger partial charge in [0.15, 0.2) is 0 Å². The Morgan fingerprint density at radius 2 is 2.00 bits per heavy atom. The molecule has 0 fully saturated rings. The maximum atomic E-state index is 11.7. The molecule has 14 heavy (non-hydrogen) atoms. The quantitative estimate of drug-likeness (QED) is 0.775. The van der Waals surface area contributed by atoms with Gasteiger partial charge in [-0.15, -0.1) is 11.8 Å². The Morgan fingerprint density at radius 1 is 1.36 bits per heavy atom. The van der Waals surface area contributed by atoms with E-state index in [-0.39, 0.29) is 11.9 Å². The van der Waals surface area contributed by atoms with E-state index in [0.717, 1.165) is 10.5 Å². The summed E-state index contributed by atoms with van der Waals surface area (Å²) in [6.07, 6.45) is 1.97. The summed E-state index contributed by atoms with van der Waals surface area (Å²) in [5.41, 5.74) is 0.758. The number of nitrogens with one attached hydrogen (secondary N) is 1. The third-order valence-electron chi connectivity index (χ3n) is 1.77. The molecule has 1 aromatic carbocycles. The lowest BCUT2D eigenvalue weighted by Crippen LogP contribution is -2.30. The van der Waals surface area contributed by atoms with Crippen LogP contribution in [0, 0.1) is 0 Å². The van der Waals surface area contributed by atoms with Gasteiger partial charge in [-0.25, -0.2) is 0 Å². The van der Waals surface area contributed by atoms with Gasteiger partial charge < -0.3 is 5.32 Å². The number of benzene rings is 1. The maximum Gasteiger partial charge on any atom is 0.252 e. The normalized spacial score (nSPS) is 10.3. The smallest absolute Gasteiger partial charge is 0.252 e. The molecule has 1 amide bonds. The molecule has 0 saturated heterocycles. The molecule has 0 heterocycles. The van der Waals surface area contributed by atoms with Crippen molar-refractivity contribution in [2.24, 2.45) is 0 Å². The zero-order chi connectivity index (χ0) is 10.6. The summed E-state index contributed by atoms with van der Waals surface area (Å²) in [5, 5.41) is 2.88. The van der Waals surface area contributed by atoms with Crippen molar-refractivity contribution in [1.29, 1.82) is 0 Å². The highest BCUT2D eigenvalue weighted by Crippen LogP contribution is 2.19. The molecular formula is C11H15NOS. The summed E-state index contributed by atoms with van der Waals surface area (Å²) in [5.74, 6) is 0.00458. The van der Waals surface area contributed by atoms with Crippen molar-refractivity contribution in [3.05, 3.63) is 29.8 Å². The maximum absolute atomic E-state index is 11.7. The van der Waals surface area contributed by atoms with E-state index in [1.807, 2.05) is 44.4 Å². The number of thioether (sulfide) groups is 1. The first-order valence-electron chi connectivity index (χ1n) is 4.59. The molecule has 1 rings (SSSR count). The molecule has 76 valence electrons. The molecule has 0 aromatic heterocycles. The van der Waals surface area contributed by atoms with Gasteiger partial charge in [-0.05, 0) is 32.2 Å². The Balaban J connectivity index is 2.88. The van der Waals surface area contributed by atoms with Gasteiger partial charge in [-0.1, -0.05) is 12.1 Å². The molecule has 0 aliphatic carbocycles. The van der Waals surface area contributed by atoms with Gasteiger partial charge in [-0.3, -0.25) is 4.79 Å². The fourth-order valence-corrected chi connectivity index (χ4v) is 1.77. The molecule has 0 bridgehead atoms. The van der Waals surface area contributed by atoms with E-state index >= 15 is 0 Å². The first-order valence-corrected chi connectivity index (χ1v) is 5.81. The summed E-state index contributed by atoms with van der Waals surface area (Å²) in [6, 6.07) is 7.81. The van der Waals surface area contributed by atoms with Crippen molar-refractivity contribution in [1.82, 2.24) is 5.32 Å². The highest BCUT2D eigenvalue weighted by molar-refractivity contribution is 7.98. The Bertz CT molecular complexity index is 323. The third kappa shape index (κ3) is 2.77. The molecule has 0 aliphatic rings. The van der Waals surface area contributed by atoms with Gasteiger partial charge in [0.25, 0.3) is 5.91 Å². The van der Waals surface area contributed by atoms with E-state index in [2.05, 4.69) is 5.32 Å². The molecule has 0 radical (unpaired) electrons. The predicted molar refractivity (Wildman–Crippen MR) is 60.8 cm³/mol. The fraction of sp³-hybridized carbons (Fsp3) is 0.364. The van der Waals surface area contributed by atoms with E-state index in [1.165, 1.54) is 0 Å². The van der Waals surface area contributed by atoms with Crippen molar-refractivity contribution < 1.29 is 4.79 Å². The molecule has 0 atom stereocenters. The van der Waals surface area contributed by atoms with Crippen LogP contribution in [0.25, 0.3) is 0 Å². The van der Waals surface area contributed by atoms with Gasteiger partial charge in [0.1, 0.15) is 0 Å². The SMILES string of the molecule is CSc1ccccc1C(=O)NC(C)C. The van der Waals surface area contributed by atoms with E-state index in [4.69, 9.17) is 0 Å². The fourth-order valence-electron chi connectivity index (χ4n) is 1.17. The summed E-state index contributed by atoms with van der Waals surface area (Å²) < 4.78 is 0. The average Bonchev–Trinajstić information content (AvgIpc) is 2.16. The van der Waals surface area contributed by atoms with Crippen molar-refractivity contribution in [2.75, 3.05) is 6.26 Å².